The first kappa shape index (κ1) is 26.3. The summed E-state index contributed by atoms with van der Waals surface area (Å²) in [4.78, 5) is 20.6. The van der Waals surface area contributed by atoms with Crippen molar-refractivity contribution in [1.82, 2.24) is 20.4 Å². The standard InChI is InChI=1S/C21H41N5O2.HI/c1-5-28-21(27)26-12-8-19(9-13-26)24-20(22-4)23-10-6-7-11-25-15-17(2)14-18(3)16-25;/h17-19H,5-16H2,1-4H3,(H2,22,23,24);1H. The van der Waals surface area contributed by atoms with Crippen LogP contribution in [0.5, 0.6) is 0 Å². The molecule has 0 spiro atoms. The second-order valence-electron chi connectivity index (χ2n) is 8.52. The quantitative estimate of drug-likeness (QED) is 0.232. The van der Waals surface area contributed by atoms with Gasteiger partial charge in [-0.2, -0.15) is 0 Å². The van der Waals surface area contributed by atoms with Gasteiger partial charge in [0.15, 0.2) is 5.96 Å². The van der Waals surface area contributed by atoms with Crippen molar-refractivity contribution in [2.45, 2.75) is 58.9 Å². The lowest BCUT2D eigenvalue weighted by Gasteiger charge is -2.35. The Morgan fingerprint density at radius 2 is 1.79 bits per heavy atom. The van der Waals surface area contributed by atoms with Crippen molar-refractivity contribution >= 4 is 36.0 Å². The van der Waals surface area contributed by atoms with Crippen LogP contribution in [0, 0.1) is 11.8 Å². The van der Waals surface area contributed by atoms with Gasteiger partial charge in [-0.15, -0.1) is 24.0 Å². The molecule has 1 amide bonds. The van der Waals surface area contributed by atoms with Gasteiger partial charge in [0.2, 0.25) is 0 Å². The molecule has 2 saturated heterocycles. The number of piperidine rings is 2. The third kappa shape index (κ3) is 9.72. The Kier molecular flexibility index (Phi) is 12.9. The summed E-state index contributed by atoms with van der Waals surface area (Å²) in [6.07, 6.45) is 5.40. The van der Waals surface area contributed by atoms with Crippen molar-refractivity contribution in [3.63, 3.8) is 0 Å². The number of hydrogen-bond acceptors (Lipinski definition) is 4. The highest BCUT2D eigenvalue weighted by Gasteiger charge is 2.24. The van der Waals surface area contributed by atoms with Crippen molar-refractivity contribution in [3.8, 4) is 0 Å². The number of ether oxygens (including phenoxy) is 1. The molecule has 2 unspecified atom stereocenters. The summed E-state index contributed by atoms with van der Waals surface area (Å²) in [7, 11) is 1.82. The summed E-state index contributed by atoms with van der Waals surface area (Å²) in [5.74, 6) is 2.54. The van der Waals surface area contributed by atoms with Crippen molar-refractivity contribution in [3.05, 3.63) is 0 Å². The van der Waals surface area contributed by atoms with Crippen molar-refractivity contribution in [1.29, 1.82) is 0 Å². The van der Waals surface area contributed by atoms with Crippen LogP contribution in [0.3, 0.4) is 0 Å². The summed E-state index contributed by atoms with van der Waals surface area (Å²) in [5, 5.41) is 6.94. The Balaban J connectivity index is 0.00000420. The molecule has 0 aromatic carbocycles. The van der Waals surface area contributed by atoms with Crippen LogP contribution in [-0.2, 0) is 4.74 Å². The van der Waals surface area contributed by atoms with Gasteiger partial charge >= 0.3 is 6.09 Å². The number of unbranched alkanes of at least 4 members (excludes halogenated alkanes) is 1. The number of hydrogen-bond donors (Lipinski definition) is 2. The number of amides is 1. The number of carbonyl (C=O) groups excluding carboxylic acids is 1. The van der Waals surface area contributed by atoms with Gasteiger partial charge in [-0.25, -0.2) is 4.79 Å². The van der Waals surface area contributed by atoms with E-state index in [1.165, 1.54) is 32.5 Å². The zero-order chi connectivity index (χ0) is 20.4. The lowest BCUT2D eigenvalue weighted by atomic mass is 9.92. The topological polar surface area (TPSA) is 69.2 Å². The third-order valence-corrected chi connectivity index (χ3v) is 5.72. The van der Waals surface area contributed by atoms with E-state index in [4.69, 9.17) is 4.74 Å². The van der Waals surface area contributed by atoms with E-state index in [0.29, 0.717) is 12.6 Å². The number of halogens is 1. The fraction of sp³-hybridized carbons (Fsp3) is 0.905. The number of carbonyl (C=O) groups is 1. The Morgan fingerprint density at radius 3 is 2.38 bits per heavy atom. The van der Waals surface area contributed by atoms with Gasteiger partial charge in [0.05, 0.1) is 6.61 Å². The zero-order valence-corrected chi connectivity index (χ0v) is 21.1. The summed E-state index contributed by atoms with van der Waals surface area (Å²) in [5.41, 5.74) is 0. The minimum absolute atomic E-state index is 0. The number of aliphatic imine (C=N–C) groups is 1. The highest BCUT2D eigenvalue weighted by Crippen LogP contribution is 2.21. The van der Waals surface area contributed by atoms with Gasteiger partial charge in [0.25, 0.3) is 0 Å². The fourth-order valence-electron chi connectivity index (χ4n) is 4.45. The molecule has 2 fully saturated rings. The number of guanidine groups is 1. The first-order chi connectivity index (χ1) is 13.5. The van der Waals surface area contributed by atoms with Crippen LogP contribution >= 0.6 is 24.0 Å². The van der Waals surface area contributed by atoms with Crippen molar-refractivity contribution in [2.75, 3.05) is 52.9 Å². The molecule has 0 aliphatic carbocycles. The van der Waals surface area contributed by atoms with Gasteiger partial charge < -0.3 is 25.2 Å². The van der Waals surface area contributed by atoms with Crippen molar-refractivity contribution < 1.29 is 9.53 Å². The summed E-state index contributed by atoms with van der Waals surface area (Å²) in [6, 6.07) is 0.355. The first-order valence-corrected chi connectivity index (χ1v) is 11.1. The average molecular weight is 524 g/mol. The maximum absolute atomic E-state index is 11.8. The zero-order valence-electron chi connectivity index (χ0n) is 18.8. The monoisotopic (exact) mass is 523 g/mol. The Labute approximate surface area is 194 Å². The molecular formula is C21H42IN5O2. The molecule has 0 saturated carbocycles. The molecule has 0 aromatic heterocycles. The van der Waals surface area contributed by atoms with Gasteiger partial charge in [0.1, 0.15) is 0 Å². The van der Waals surface area contributed by atoms with E-state index in [9.17, 15) is 4.79 Å². The highest BCUT2D eigenvalue weighted by molar-refractivity contribution is 14.0. The lowest BCUT2D eigenvalue weighted by Crippen LogP contribution is -2.50. The molecule has 2 atom stereocenters. The molecule has 0 radical (unpaired) electrons. The molecule has 2 heterocycles. The van der Waals surface area contributed by atoms with E-state index in [2.05, 4.69) is 34.4 Å². The SMILES string of the molecule is CCOC(=O)N1CCC(NC(=NC)NCCCCN2CC(C)CC(C)C2)CC1.I. The highest BCUT2D eigenvalue weighted by atomic mass is 127. The summed E-state index contributed by atoms with van der Waals surface area (Å²) < 4.78 is 5.08. The normalized spacial score (nSPS) is 24.0. The Hall–Kier alpha value is -0.770. The van der Waals surface area contributed by atoms with Crippen LogP contribution in [0.4, 0.5) is 4.79 Å². The fourth-order valence-corrected chi connectivity index (χ4v) is 4.45. The molecule has 2 N–H and O–H groups in total. The largest absolute Gasteiger partial charge is 0.450 e. The smallest absolute Gasteiger partial charge is 0.409 e. The summed E-state index contributed by atoms with van der Waals surface area (Å²) in [6.45, 7) is 13.2. The van der Waals surface area contributed by atoms with E-state index >= 15 is 0 Å². The van der Waals surface area contributed by atoms with E-state index in [-0.39, 0.29) is 30.1 Å². The Morgan fingerprint density at radius 1 is 1.14 bits per heavy atom. The minimum Gasteiger partial charge on any atom is -0.450 e. The predicted octanol–water partition coefficient (Wildman–Crippen LogP) is 3.15. The van der Waals surface area contributed by atoms with Gasteiger partial charge in [-0.05, 0) is 57.4 Å². The number of nitrogens with zero attached hydrogens (tertiary/aromatic N) is 3. The van der Waals surface area contributed by atoms with E-state index in [1.54, 1.807) is 4.90 Å². The predicted molar refractivity (Wildman–Crippen MR) is 130 cm³/mol. The van der Waals surface area contributed by atoms with Gasteiger partial charge in [0, 0.05) is 45.8 Å². The van der Waals surface area contributed by atoms with Gasteiger partial charge in [-0.1, -0.05) is 13.8 Å². The summed E-state index contributed by atoms with van der Waals surface area (Å²) >= 11 is 0. The lowest BCUT2D eigenvalue weighted by molar-refractivity contribution is 0.0963. The maximum atomic E-state index is 11.8. The molecule has 2 aliphatic rings. The second kappa shape index (κ2) is 14.3. The number of nitrogens with one attached hydrogen (secondary N) is 2. The van der Waals surface area contributed by atoms with E-state index < -0.39 is 0 Å². The van der Waals surface area contributed by atoms with Crippen LogP contribution in [0.15, 0.2) is 4.99 Å². The third-order valence-electron chi connectivity index (χ3n) is 5.72. The second-order valence-corrected chi connectivity index (χ2v) is 8.52. The van der Waals surface area contributed by atoms with Crippen LogP contribution in [0.25, 0.3) is 0 Å². The van der Waals surface area contributed by atoms with Crippen LogP contribution in [-0.4, -0.2) is 80.8 Å². The van der Waals surface area contributed by atoms with E-state index in [1.807, 2.05) is 14.0 Å². The molecule has 7 nitrogen and oxygen atoms in total. The minimum atomic E-state index is -0.194. The van der Waals surface area contributed by atoms with E-state index in [0.717, 1.165) is 56.7 Å². The molecule has 170 valence electrons. The Bertz CT molecular complexity index is 487. The van der Waals surface area contributed by atoms with Gasteiger partial charge in [-0.3, -0.25) is 4.99 Å². The molecule has 29 heavy (non-hydrogen) atoms. The number of rotatable bonds is 7. The molecule has 0 aromatic rings. The van der Waals surface area contributed by atoms with Crippen molar-refractivity contribution in [2.24, 2.45) is 16.8 Å². The first-order valence-electron chi connectivity index (χ1n) is 11.1. The van der Waals surface area contributed by atoms with Crippen LogP contribution < -0.4 is 10.6 Å². The molecule has 2 aliphatic heterocycles. The molecule has 2 rings (SSSR count). The molecular weight excluding hydrogens is 481 g/mol. The van der Waals surface area contributed by atoms with Crippen LogP contribution in [0.1, 0.15) is 52.9 Å². The van der Waals surface area contributed by atoms with Crippen LogP contribution in [0.2, 0.25) is 0 Å². The number of likely N-dealkylation sites (tertiary alicyclic amines) is 2. The molecule has 8 heteroatoms. The maximum Gasteiger partial charge on any atom is 0.409 e. The average Bonchev–Trinajstić information content (AvgIpc) is 2.66. The molecule has 0 bridgehead atoms.